The largest absolute Gasteiger partial charge is 0.618 e. The lowest BCUT2D eigenvalue weighted by molar-refractivity contribution is -0.612. The molecule has 0 N–H and O–H groups in total. The molecule has 208 valence electrons. The van der Waals surface area contributed by atoms with Crippen LogP contribution in [-0.2, 0) is 6.54 Å². The molecule has 2 aliphatic heterocycles. The van der Waals surface area contributed by atoms with E-state index in [1.807, 2.05) is 36.1 Å². The lowest BCUT2D eigenvalue weighted by atomic mass is 9.85. The van der Waals surface area contributed by atoms with Gasteiger partial charge < -0.3 is 15.0 Å². The van der Waals surface area contributed by atoms with Gasteiger partial charge in [0.05, 0.1) is 11.6 Å². The summed E-state index contributed by atoms with van der Waals surface area (Å²) >= 11 is 0. The molecule has 0 atom stereocenters. The first-order valence-corrected chi connectivity index (χ1v) is 14.3. The van der Waals surface area contributed by atoms with Crippen LogP contribution in [0.1, 0.15) is 65.3 Å². The number of para-hydroxylation sites is 1. The maximum atomic E-state index is 13.4. The van der Waals surface area contributed by atoms with Crippen molar-refractivity contribution < 1.29 is 9.52 Å². The zero-order valence-corrected chi connectivity index (χ0v) is 23.8. The summed E-state index contributed by atoms with van der Waals surface area (Å²) in [5, 5.41) is 21.8. The Morgan fingerprint density at radius 2 is 1.68 bits per heavy atom. The highest BCUT2D eigenvalue weighted by molar-refractivity contribution is 5.96. The Hall–Kier alpha value is -3.89. The minimum absolute atomic E-state index is 0.0305. The molecule has 40 heavy (non-hydrogen) atoms. The number of aromatic nitrogens is 1. The van der Waals surface area contributed by atoms with Crippen molar-refractivity contribution in [2.75, 3.05) is 31.1 Å². The summed E-state index contributed by atoms with van der Waals surface area (Å²) in [4.78, 5) is 20.4. The van der Waals surface area contributed by atoms with Crippen LogP contribution < -0.4 is 9.63 Å². The van der Waals surface area contributed by atoms with E-state index >= 15 is 0 Å². The molecule has 0 aliphatic carbocycles. The molecule has 2 fully saturated rings. The molecule has 0 spiro atoms. The van der Waals surface area contributed by atoms with Crippen LogP contribution in [-0.4, -0.2) is 53.5 Å². The van der Waals surface area contributed by atoms with E-state index in [0.717, 1.165) is 60.2 Å². The molecule has 0 bridgehead atoms. The molecule has 0 unspecified atom stereocenters. The molecule has 3 aromatic rings. The van der Waals surface area contributed by atoms with E-state index in [1.165, 1.54) is 11.9 Å². The van der Waals surface area contributed by atoms with Crippen LogP contribution in [0.3, 0.4) is 0 Å². The minimum Gasteiger partial charge on any atom is -0.618 e. The smallest absolute Gasteiger partial charge is 0.260 e. The van der Waals surface area contributed by atoms with Gasteiger partial charge in [0.1, 0.15) is 5.56 Å². The van der Waals surface area contributed by atoms with Gasteiger partial charge in [-0.1, -0.05) is 36.4 Å². The number of aryl methyl sites for hydroxylation is 1. The van der Waals surface area contributed by atoms with Crippen LogP contribution in [0.4, 0.5) is 5.69 Å². The molecule has 1 amide bonds. The van der Waals surface area contributed by atoms with Gasteiger partial charge in [0.2, 0.25) is 5.69 Å². The quantitative estimate of drug-likeness (QED) is 0.328. The maximum Gasteiger partial charge on any atom is 0.260 e. The molecule has 2 saturated heterocycles. The summed E-state index contributed by atoms with van der Waals surface area (Å²) in [6.45, 7) is 10.1. The second-order valence-corrected chi connectivity index (χ2v) is 11.5. The molecule has 7 heteroatoms. The van der Waals surface area contributed by atoms with Crippen molar-refractivity contribution in [3.8, 4) is 6.07 Å². The third-order valence-corrected chi connectivity index (χ3v) is 9.12. The molecule has 7 nitrogen and oxygen atoms in total. The van der Waals surface area contributed by atoms with E-state index in [0.29, 0.717) is 36.9 Å². The fourth-order valence-corrected chi connectivity index (χ4v) is 6.48. The van der Waals surface area contributed by atoms with Crippen molar-refractivity contribution >= 4 is 11.6 Å². The fourth-order valence-electron chi connectivity index (χ4n) is 6.48. The van der Waals surface area contributed by atoms with Gasteiger partial charge in [-0.15, -0.1) is 0 Å². The van der Waals surface area contributed by atoms with E-state index in [9.17, 15) is 15.3 Å². The number of nitriles is 1. The van der Waals surface area contributed by atoms with Crippen LogP contribution in [0, 0.1) is 30.4 Å². The van der Waals surface area contributed by atoms with Gasteiger partial charge in [-0.05, 0) is 68.9 Å². The fraction of sp³-hybridized carbons (Fsp3) is 0.424. The number of pyridine rings is 1. The topological polar surface area (TPSA) is 77.5 Å². The highest BCUT2D eigenvalue weighted by atomic mass is 16.5. The highest BCUT2D eigenvalue weighted by Crippen LogP contribution is 2.34. The van der Waals surface area contributed by atoms with Crippen molar-refractivity contribution in [3.05, 3.63) is 100 Å². The Morgan fingerprint density at radius 3 is 2.35 bits per heavy atom. The number of carbonyl (C=O) groups is 1. The van der Waals surface area contributed by atoms with Gasteiger partial charge in [-0.2, -0.15) is 9.99 Å². The van der Waals surface area contributed by atoms with Crippen molar-refractivity contribution in [3.63, 3.8) is 0 Å². The first-order chi connectivity index (χ1) is 19.3. The summed E-state index contributed by atoms with van der Waals surface area (Å²) in [6, 6.07) is 22.9. The number of nitrogens with zero attached hydrogens (tertiary/aromatic N) is 5. The number of anilines is 1. The van der Waals surface area contributed by atoms with Gasteiger partial charge in [0, 0.05) is 63.0 Å². The zero-order valence-electron chi connectivity index (χ0n) is 23.8. The maximum absolute atomic E-state index is 13.4. The number of piperidine rings is 2. The molecule has 3 heterocycles. The summed E-state index contributed by atoms with van der Waals surface area (Å²) in [5.74, 6) is -0.0305. The minimum atomic E-state index is -0.0305. The number of carbonyl (C=O) groups excluding carboxylic acids is 1. The van der Waals surface area contributed by atoms with Crippen molar-refractivity contribution in [1.82, 2.24) is 9.80 Å². The first-order valence-electron chi connectivity index (χ1n) is 14.3. The van der Waals surface area contributed by atoms with E-state index in [4.69, 9.17) is 0 Å². The van der Waals surface area contributed by atoms with Crippen molar-refractivity contribution in [2.45, 2.75) is 64.6 Å². The summed E-state index contributed by atoms with van der Waals surface area (Å²) in [5.41, 5.74) is 4.91. The van der Waals surface area contributed by atoms with Gasteiger partial charge in [-0.25, -0.2) is 0 Å². The molecular formula is C33H39N5O2. The Balaban J connectivity index is 1.24. The highest BCUT2D eigenvalue weighted by Gasteiger charge is 2.40. The second-order valence-electron chi connectivity index (χ2n) is 11.5. The third-order valence-electron chi connectivity index (χ3n) is 9.12. The monoisotopic (exact) mass is 537 g/mol. The van der Waals surface area contributed by atoms with E-state index in [2.05, 4.69) is 53.1 Å². The predicted octanol–water partition coefficient (Wildman–Crippen LogP) is 4.97. The van der Waals surface area contributed by atoms with Gasteiger partial charge >= 0.3 is 0 Å². The van der Waals surface area contributed by atoms with Crippen LogP contribution >= 0.6 is 0 Å². The van der Waals surface area contributed by atoms with E-state index in [-0.39, 0.29) is 11.4 Å². The lowest BCUT2D eigenvalue weighted by Gasteiger charge is -2.50. The molecule has 2 aliphatic rings. The Morgan fingerprint density at radius 1 is 1.02 bits per heavy atom. The van der Waals surface area contributed by atoms with Gasteiger partial charge in [-0.3, -0.25) is 9.69 Å². The average molecular weight is 538 g/mol. The Bertz CT molecular complexity index is 1380. The molecule has 0 radical (unpaired) electrons. The van der Waals surface area contributed by atoms with Crippen LogP contribution in [0.25, 0.3) is 0 Å². The molecule has 0 saturated carbocycles. The van der Waals surface area contributed by atoms with Crippen molar-refractivity contribution in [2.24, 2.45) is 0 Å². The zero-order chi connectivity index (χ0) is 28.3. The first kappa shape index (κ1) is 27.7. The average Bonchev–Trinajstić information content (AvgIpc) is 2.99. The second kappa shape index (κ2) is 11.7. The number of rotatable bonds is 6. The molecular weight excluding hydrogens is 498 g/mol. The van der Waals surface area contributed by atoms with Crippen LogP contribution in [0.2, 0.25) is 0 Å². The third kappa shape index (κ3) is 5.55. The number of benzene rings is 2. The number of amides is 1. The molecule has 1 aromatic heterocycles. The number of likely N-dealkylation sites (tertiary alicyclic amines) is 2. The number of hydrogen-bond acceptors (Lipinski definition) is 5. The SMILES string of the molecule is Cc1cc[n+]([O-])c(C)c1C(=O)N1CCC(C)(N2CCC(N(Cc3ccccc3C#N)c3ccccc3)CC2)CC1. The summed E-state index contributed by atoms with van der Waals surface area (Å²) in [7, 11) is 0. The predicted molar refractivity (Wildman–Crippen MR) is 157 cm³/mol. The van der Waals surface area contributed by atoms with Crippen LogP contribution in [0.5, 0.6) is 0 Å². The Labute approximate surface area is 237 Å². The normalized spacial score (nSPS) is 17.8. The van der Waals surface area contributed by atoms with E-state index in [1.54, 1.807) is 13.0 Å². The summed E-state index contributed by atoms with van der Waals surface area (Å²) < 4.78 is 0.788. The lowest BCUT2D eigenvalue weighted by Crippen LogP contribution is -2.58. The molecule has 5 rings (SSSR count). The Kier molecular flexibility index (Phi) is 8.09. The van der Waals surface area contributed by atoms with Gasteiger partial charge in [0.15, 0.2) is 6.20 Å². The van der Waals surface area contributed by atoms with E-state index < -0.39 is 0 Å². The van der Waals surface area contributed by atoms with Gasteiger partial charge in [0.25, 0.3) is 5.91 Å². The standard InChI is InChI=1S/C33H39N5O2/c1-25-13-20-38(40)26(2)31(25)32(39)35-21-16-33(3,17-22-35)36-18-14-30(15-19-36)37(29-11-5-4-6-12-29)24-28-10-8-7-9-27(28)23-34/h4-13,20,30H,14-19,21-22,24H2,1-3H3. The van der Waals surface area contributed by atoms with Crippen LogP contribution in [0.15, 0.2) is 66.9 Å². The number of hydrogen-bond donors (Lipinski definition) is 0. The van der Waals surface area contributed by atoms with Crippen molar-refractivity contribution in [1.29, 1.82) is 5.26 Å². The summed E-state index contributed by atoms with van der Waals surface area (Å²) in [6.07, 6.45) is 5.41. The molecule has 2 aromatic carbocycles.